The highest BCUT2D eigenvalue weighted by Gasteiger charge is 2.29. The van der Waals surface area contributed by atoms with E-state index in [1.165, 1.54) is 11.3 Å². The Morgan fingerprint density at radius 1 is 1.32 bits per heavy atom. The standard InChI is InChI=1S/C14H15ClN4/c15-13-7-17-8-14(18-13)19-9-10(5-6-16)11-3-1-2-4-12(11)19/h1-4,7-8,10H,5-6,9,16H2. The highest BCUT2D eigenvalue weighted by Crippen LogP contribution is 2.41. The molecule has 0 saturated carbocycles. The second-order valence-electron chi connectivity index (χ2n) is 4.64. The fourth-order valence-electron chi connectivity index (χ4n) is 2.62. The number of aromatic nitrogens is 2. The molecule has 0 saturated heterocycles. The second-order valence-corrected chi connectivity index (χ2v) is 5.03. The summed E-state index contributed by atoms with van der Waals surface area (Å²) >= 11 is 5.93. The molecule has 2 N–H and O–H groups in total. The minimum atomic E-state index is 0.414. The van der Waals surface area contributed by atoms with Crippen molar-refractivity contribution in [2.75, 3.05) is 18.0 Å². The summed E-state index contributed by atoms with van der Waals surface area (Å²) in [7, 11) is 0. The lowest BCUT2D eigenvalue weighted by Gasteiger charge is -2.18. The number of benzene rings is 1. The van der Waals surface area contributed by atoms with Crippen LogP contribution in [0.2, 0.25) is 5.15 Å². The van der Waals surface area contributed by atoms with E-state index in [2.05, 4.69) is 33.1 Å². The van der Waals surface area contributed by atoms with Gasteiger partial charge in [0.25, 0.3) is 0 Å². The van der Waals surface area contributed by atoms with Gasteiger partial charge in [-0.15, -0.1) is 0 Å². The van der Waals surface area contributed by atoms with Crippen LogP contribution in [-0.2, 0) is 0 Å². The molecule has 19 heavy (non-hydrogen) atoms. The summed E-state index contributed by atoms with van der Waals surface area (Å²) < 4.78 is 0. The van der Waals surface area contributed by atoms with Gasteiger partial charge < -0.3 is 10.6 Å². The summed E-state index contributed by atoms with van der Waals surface area (Å²) in [4.78, 5) is 10.6. The molecule has 4 nitrogen and oxygen atoms in total. The van der Waals surface area contributed by atoms with Crippen LogP contribution in [0.1, 0.15) is 17.9 Å². The Bertz CT molecular complexity index is 587. The predicted octanol–water partition coefficient (Wildman–Crippen LogP) is 2.71. The number of nitrogens with two attached hydrogens (primary N) is 1. The molecule has 98 valence electrons. The fourth-order valence-corrected chi connectivity index (χ4v) is 2.77. The first-order valence-corrected chi connectivity index (χ1v) is 6.71. The molecule has 2 aromatic rings. The molecular weight excluding hydrogens is 260 g/mol. The number of halogens is 1. The Morgan fingerprint density at radius 2 is 2.16 bits per heavy atom. The SMILES string of the molecule is NCCC1CN(c2cncc(Cl)n2)c2ccccc21. The molecule has 0 bridgehead atoms. The summed E-state index contributed by atoms with van der Waals surface area (Å²) in [6.45, 7) is 1.57. The van der Waals surface area contributed by atoms with Crippen LogP contribution >= 0.6 is 11.6 Å². The maximum atomic E-state index is 5.93. The molecule has 5 heteroatoms. The average molecular weight is 275 g/mol. The number of nitrogens with zero attached hydrogens (tertiary/aromatic N) is 3. The lowest BCUT2D eigenvalue weighted by Crippen LogP contribution is -2.18. The highest BCUT2D eigenvalue weighted by atomic mass is 35.5. The van der Waals surface area contributed by atoms with E-state index < -0.39 is 0 Å². The van der Waals surface area contributed by atoms with Crippen molar-refractivity contribution in [3.8, 4) is 0 Å². The molecule has 0 amide bonds. The molecule has 2 heterocycles. The number of para-hydroxylation sites is 1. The van der Waals surface area contributed by atoms with Crippen molar-refractivity contribution in [1.82, 2.24) is 9.97 Å². The number of anilines is 2. The lowest BCUT2D eigenvalue weighted by molar-refractivity contribution is 0.667. The van der Waals surface area contributed by atoms with E-state index in [-0.39, 0.29) is 0 Å². The number of hydrogen-bond donors (Lipinski definition) is 1. The number of rotatable bonds is 3. The molecule has 0 aliphatic carbocycles. The fraction of sp³-hybridized carbons (Fsp3) is 0.286. The Balaban J connectivity index is 2.00. The molecule has 1 aliphatic heterocycles. The monoisotopic (exact) mass is 274 g/mol. The first-order valence-electron chi connectivity index (χ1n) is 6.33. The van der Waals surface area contributed by atoms with Crippen LogP contribution in [0.15, 0.2) is 36.7 Å². The first-order chi connectivity index (χ1) is 9.29. The van der Waals surface area contributed by atoms with Crippen molar-refractivity contribution in [1.29, 1.82) is 0 Å². The maximum absolute atomic E-state index is 5.93. The summed E-state index contributed by atoms with van der Waals surface area (Å²) in [6, 6.07) is 8.37. The summed E-state index contributed by atoms with van der Waals surface area (Å²) in [5, 5.41) is 0.414. The second kappa shape index (κ2) is 5.15. The molecule has 1 atom stereocenters. The lowest BCUT2D eigenvalue weighted by atomic mass is 9.98. The average Bonchev–Trinajstić information content (AvgIpc) is 2.79. The molecule has 3 rings (SSSR count). The smallest absolute Gasteiger partial charge is 0.153 e. The van der Waals surface area contributed by atoms with E-state index in [0.717, 1.165) is 18.8 Å². The Morgan fingerprint density at radius 3 is 2.95 bits per heavy atom. The van der Waals surface area contributed by atoms with E-state index in [1.54, 1.807) is 12.4 Å². The minimum Gasteiger partial charge on any atom is -0.330 e. The topological polar surface area (TPSA) is 55.0 Å². The van der Waals surface area contributed by atoms with Crippen LogP contribution in [0, 0.1) is 0 Å². The number of hydrogen-bond acceptors (Lipinski definition) is 4. The summed E-state index contributed by atoms with van der Waals surface area (Å²) in [5.74, 6) is 1.24. The van der Waals surface area contributed by atoms with Gasteiger partial charge in [0.05, 0.1) is 12.4 Å². The molecule has 1 aromatic heterocycles. The zero-order chi connectivity index (χ0) is 13.2. The van der Waals surface area contributed by atoms with E-state index >= 15 is 0 Å². The van der Waals surface area contributed by atoms with Gasteiger partial charge >= 0.3 is 0 Å². The Kier molecular flexibility index (Phi) is 3.36. The summed E-state index contributed by atoms with van der Waals surface area (Å²) in [5.41, 5.74) is 8.21. The summed E-state index contributed by atoms with van der Waals surface area (Å²) in [6.07, 6.45) is 4.26. The van der Waals surface area contributed by atoms with Gasteiger partial charge in [0, 0.05) is 18.2 Å². The van der Waals surface area contributed by atoms with Gasteiger partial charge in [0.1, 0.15) is 5.15 Å². The van der Waals surface area contributed by atoms with Crippen LogP contribution in [0.4, 0.5) is 11.5 Å². The molecule has 0 fully saturated rings. The largest absolute Gasteiger partial charge is 0.330 e. The van der Waals surface area contributed by atoms with E-state index in [4.69, 9.17) is 17.3 Å². The van der Waals surface area contributed by atoms with Gasteiger partial charge in [-0.3, -0.25) is 4.98 Å². The van der Waals surface area contributed by atoms with Crippen LogP contribution in [0.25, 0.3) is 0 Å². The van der Waals surface area contributed by atoms with Gasteiger partial charge in [0.15, 0.2) is 5.82 Å². The van der Waals surface area contributed by atoms with Gasteiger partial charge in [-0.1, -0.05) is 29.8 Å². The normalized spacial score (nSPS) is 17.6. The first kappa shape index (κ1) is 12.4. The maximum Gasteiger partial charge on any atom is 0.153 e. The van der Waals surface area contributed by atoms with Crippen LogP contribution in [0.3, 0.4) is 0 Å². The molecule has 0 spiro atoms. The molecule has 1 unspecified atom stereocenters. The highest BCUT2D eigenvalue weighted by molar-refractivity contribution is 6.29. The molecule has 1 aromatic carbocycles. The van der Waals surface area contributed by atoms with Gasteiger partial charge in [0.2, 0.25) is 0 Å². The van der Waals surface area contributed by atoms with Crippen molar-refractivity contribution in [3.63, 3.8) is 0 Å². The van der Waals surface area contributed by atoms with Crippen LogP contribution in [-0.4, -0.2) is 23.1 Å². The van der Waals surface area contributed by atoms with Gasteiger partial charge in [-0.25, -0.2) is 4.98 Å². The van der Waals surface area contributed by atoms with Gasteiger partial charge in [-0.05, 0) is 24.6 Å². The van der Waals surface area contributed by atoms with E-state index in [1.807, 2.05) is 6.07 Å². The van der Waals surface area contributed by atoms with Crippen molar-refractivity contribution in [2.45, 2.75) is 12.3 Å². The Labute approximate surface area is 117 Å². The quantitative estimate of drug-likeness (QED) is 0.935. The zero-order valence-electron chi connectivity index (χ0n) is 10.5. The molecule has 1 aliphatic rings. The minimum absolute atomic E-state index is 0.414. The van der Waals surface area contributed by atoms with Gasteiger partial charge in [-0.2, -0.15) is 0 Å². The van der Waals surface area contributed by atoms with E-state index in [9.17, 15) is 0 Å². The van der Waals surface area contributed by atoms with Crippen molar-refractivity contribution in [3.05, 3.63) is 47.4 Å². The van der Waals surface area contributed by atoms with Crippen LogP contribution in [0.5, 0.6) is 0 Å². The van der Waals surface area contributed by atoms with Crippen LogP contribution < -0.4 is 10.6 Å². The van der Waals surface area contributed by atoms with Crippen molar-refractivity contribution < 1.29 is 0 Å². The number of fused-ring (bicyclic) bond motifs is 1. The predicted molar refractivity (Wildman–Crippen MR) is 76.9 cm³/mol. The van der Waals surface area contributed by atoms with Crippen molar-refractivity contribution in [2.24, 2.45) is 5.73 Å². The zero-order valence-corrected chi connectivity index (χ0v) is 11.2. The van der Waals surface area contributed by atoms with Crippen molar-refractivity contribution >= 4 is 23.1 Å². The molecule has 0 radical (unpaired) electrons. The third kappa shape index (κ3) is 2.29. The van der Waals surface area contributed by atoms with E-state index in [0.29, 0.717) is 17.6 Å². The third-order valence-corrected chi connectivity index (χ3v) is 3.64. The third-order valence-electron chi connectivity index (χ3n) is 3.45. The molecular formula is C14H15ClN4. The Hall–Kier alpha value is -1.65.